The van der Waals surface area contributed by atoms with E-state index in [1.165, 1.54) is 6.08 Å². The Kier molecular flexibility index (Phi) is 6.76. The molecule has 0 aliphatic rings. The van der Waals surface area contributed by atoms with Crippen LogP contribution in [0.3, 0.4) is 0 Å². The van der Waals surface area contributed by atoms with Gasteiger partial charge in [0, 0.05) is 21.5 Å². The first-order valence-corrected chi connectivity index (χ1v) is 9.96. The quantitative estimate of drug-likeness (QED) is 0.572. The van der Waals surface area contributed by atoms with Crippen LogP contribution in [0.15, 0.2) is 72.8 Å². The van der Waals surface area contributed by atoms with Gasteiger partial charge in [-0.15, -0.1) is 11.3 Å². The minimum atomic E-state index is -0.298. The largest absolute Gasteiger partial charge is 0.343 e. The van der Waals surface area contributed by atoms with E-state index in [2.05, 4.69) is 22.8 Å². The first-order valence-electron chi connectivity index (χ1n) is 9.14. The summed E-state index contributed by atoms with van der Waals surface area (Å²) in [6, 6.07) is 21.8. The van der Waals surface area contributed by atoms with E-state index in [-0.39, 0.29) is 18.4 Å². The Bertz CT molecular complexity index is 977. The van der Waals surface area contributed by atoms with E-state index >= 15 is 0 Å². The highest BCUT2D eigenvalue weighted by atomic mass is 32.1. The molecule has 0 unspecified atom stereocenters. The number of carbonyl (C=O) groups is 2. The number of hydrogen-bond donors (Lipinski definition) is 2. The molecule has 0 bridgehead atoms. The molecule has 0 atom stereocenters. The van der Waals surface area contributed by atoms with E-state index in [0.717, 1.165) is 33.0 Å². The van der Waals surface area contributed by atoms with Crippen molar-refractivity contribution < 1.29 is 9.59 Å². The van der Waals surface area contributed by atoms with Crippen LogP contribution in [-0.2, 0) is 16.0 Å². The van der Waals surface area contributed by atoms with Gasteiger partial charge in [-0.25, -0.2) is 0 Å². The normalized spacial score (nSPS) is 10.8. The zero-order valence-electron chi connectivity index (χ0n) is 15.6. The molecule has 0 saturated heterocycles. The minimum Gasteiger partial charge on any atom is -0.343 e. The van der Waals surface area contributed by atoms with Crippen molar-refractivity contribution in [1.82, 2.24) is 5.32 Å². The molecule has 5 heteroatoms. The van der Waals surface area contributed by atoms with E-state index in [9.17, 15) is 9.59 Å². The van der Waals surface area contributed by atoms with Crippen LogP contribution >= 0.6 is 11.3 Å². The SMILES string of the molecule is CCc1ccccc1NC(=O)CNC(=O)/C=C/c1ccc(-c2ccccc2)s1. The van der Waals surface area contributed by atoms with Gasteiger partial charge < -0.3 is 10.6 Å². The average molecular weight is 391 g/mol. The van der Waals surface area contributed by atoms with Crippen molar-refractivity contribution in [1.29, 1.82) is 0 Å². The fourth-order valence-electron chi connectivity index (χ4n) is 2.73. The predicted molar refractivity (Wildman–Crippen MR) is 116 cm³/mol. The molecule has 2 amide bonds. The summed E-state index contributed by atoms with van der Waals surface area (Å²) in [7, 11) is 0. The lowest BCUT2D eigenvalue weighted by molar-refractivity contribution is -0.121. The van der Waals surface area contributed by atoms with Gasteiger partial charge in [0.25, 0.3) is 0 Å². The summed E-state index contributed by atoms with van der Waals surface area (Å²) in [4.78, 5) is 26.2. The first-order chi connectivity index (χ1) is 13.7. The molecule has 0 spiro atoms. The zero-order chi connectivity index (χ0) is 19.8. The molecule has 1 aromatic heterocycles. The molecule has 3 rings (SSSR count). The number of nitrogens with one attached hydrogen (secondary N) is 2. The van der Waals surface area contributed by atoms with Gasteiger partial charge in [-0.3, -0.25) is 9.59 Å². The molecule has 0 aliphatic heterocycles. The van der Waals surface area contributed by atoms with Crippen LogP contribution in [0.2, 0.25) is 0 Å². The molecule has 0 radical (unpaired) electrons. The Labute approximate surface area is 168 Å². The first kappa shape index (κ1) is 19.6. The smallest absolute Gasteiger partial charge is 0.244 e. The molecule has 1 heterocycles. The minimum absolute atomic E-state index is 0.0685. The molecular weight excluding hydrogens is 368 g/mol. The number of anilines is 1. The Hall–Kier alpha value is -3.18. The zero-order valence-corrected chi connectivity index (χ0v) is 16.5. The van der Waals surface area contributed by atoms with Gasteiger partial charge in [-0.05, 0) is 41.8 Å². The number of rotatable bonds is 7. The van der Waals surface area contributed by atoms with Gasteiger partial charge >= 0.3 is 0 Å². The van der Waals surface area contributed by atoms with E-state index in [1.807, 2.05) is 61.5 Å². The molecule has 3 aromatic rings. The molecule has 4 nitrogen and oxygen atoms in total. The maximum Gasteiger partial charge on any atom is 0.244 e. The lowest BCUT2D eigenvalue weighted by atomic mass is 10.1. The van der Waals surface area contributed by atoms with Gasteiger partial charge in [0.05, 0.1) is 6.54 Å². The number of carbonyl (C=O) groups excluding carboxylic acids is 2. The third kappa shape index (κ3) is 5.41. The molecule has 2 N–H and O–H groups in total. The van der Waals surface area contributed by atoms with E-state index in [4.69, 9.17) is 0 Å². The van der Waals surface area contributed by atoms with E-state index in [1.54, 1.807) is 17.4 Å². The average Bonchev–Trinajstić information content (AvgIpc) is 3.21. The number of para-hydroxylation sites is 1. The van der Waals surface area contributed by atoms with Crippen molar-refractivity contribution in [2.45, 2.75) is 13.3 Å². The molecule has 0 fully saturated rings. The van der Waals surface area contributed by atoms with Crippen LogP contribution in [0.4, 0.5) is 5.69 Å². The number of thiophene rings is 1. The third-order valence-electron chi connectivity index (χ3n) is 4.18. The standard InChI is InChI=1S/C23H22N2O2S/c1-2-17-8-6-7-11-20(17)25-23(27)16-24-22(26)15-13-19-12-14-21(28-19)18-9-4-3-5-10-18/h3-15H,2,16H2,1H3,(H,24,26)(H,25,27)/b15-13+. The number of amides is 2. The topological polar surface area (TPSA) is 58.2 Å². The van der Waals surface area contributed by atoms with E-state index in [0.29, 0.717) is 0 Å². The lowest BCUT2D eigenvalue weighted by Gasteiger charge is -2.09. The molecule has 0 saturated carbocycles. The predicted octanol–water partition coefficient (Wildman–Crippen LogP) is 4.75. The van der Waals surface area contributed by atoms with Crippen molar-refractivity contribution in [3.63, 3.8) is 0 Å². The Morgan fingerprint density at radius 1 is 0.964 bits per heavy atom. The van der Waals surface area contributed by atoms with Gasteiger partial charge in [0.2, 0.25) is 11.8 Å². The molecular formula is C23H22N2O2S. The molecule has 0 aliphatic carbocycles. The van der Waals surface area contributed by atoms with Crippen LogP contribution in [0.25, 0.3) is 16.5 Å². The maximum absolute atomic E-state index is 12.1. The van der Waals surface area contributed by atoms with Gasteiger partial charge in [0.15, 0.2) is 0 Å². The van der Waals surface area contributed by atoms with Crippen molar-refractivity contribution in [3.8, 4) is 10.4 Å². The van der Waals surface area contributed by atoms with Gasteiger partial charge in [-0.1, -0.05) is 55.5 Å². The van der Waals surface area contributed by atoms with E-state index < -0.39 is 0 Å². The van der Waals surface area contributed by atoms with Crippen molar-refractivity contribution in [2.24, 2.45) is 0 Å². The second kappa shape index (κ2) is 9.67. The van der Waals surface area contributed by atoms with Crippen LogP contribution in [0, 0.1) is 0 Å². The summed E-state index contributed by atoms with van der Waals surface area (Å²) in [6.45, 7) is 1.96. The second-order valence-electron chi connectivity index (χ2n) is 6.18. The summed E-state index contributed by atoms with van der Waals surface area (Å²) in [6.07, 6.45) is 4.04. The summed E-state index contributed by atoms with van der Waals surface area (Å²) >= 11 is 1.61. The lowest BCUT2D eigenvalue weighted by Crippen LogP contribution is -2.31. The summed E-state index contributed by atoms with van der Waals surface area (Å²) < 4.78 is 0. The van der Waals surface area contributed by atoms with Crippen molar-refractivity contribution in [3.05, 3.63) is 83.2 Å². The van der Waals surface area contributed by atoms with Crippen LogP contribution in [0.1, 0.15) is 17.4 Å². The highest BCUT2D eigenvalue weighted by Gasteiger charge is 2.07. The maximum atomic E-state index is 12.1. The Morgan fingerprint density at radius 2 is 1.71 bits per heavy atom. The number of benzene rings is 2. The molecule has 28 heavy (non-hydrogen) atoms. The number of aryl methyl sites for hydroxylation is 1. The molecule has 142 valence electrons. The van der Waals surface area contributed by atoms with Crippen molar-refractivity contribution >= 4 is 34.9 Å². The van der Waals surface area contributed by atoms with Gasteiger partial charge in [-0.2, -0.15) is 0 Å². The second-order valence-corrected chi connectivity index (χ2v) is 7.29. The highest BCUT2D eigenvalue weighted by Crippen LogP contribution is 2.28. The van der Waals surface area contributed by atoms with Crippen LogP contribution in [0.5, 0.6) is 0 Å². The van der Waals surface area contributed by atoms with Crippen LogP contribution < -0.4 is 10.6 Å². The summed E-state index contributed by atoms with van der Waals surface area (Å²) in [5, 5.41) is 5.45. The summed E-state index contributed by atoms with van der Waals surface area (Å²) in [5.41, 5.74) is 3.00. The Balaban J connectivity index is 1.50. The fourth-order valence-corrected chi connectivity index (χ4v) is 3.65. The fraction of sp³-hybridized carbons (Fsp3) is 0.130. The monoisotopic (exact) mass is 390 g/mol. The Morgan fingerprint density at radius 3 is 2.50 bits per heavy atom. The summed E-state index contributed by atoms with van der Waals surface area (Å²) in [5.74, 6) is -0.543. The third-order valence-corrected chi connectivity index (χ3v) is 5.28. The number of hydrogen-bond acceptors (Lipinski definition) is 3. The van der Waals surface area contributed by atoms with Crippen molar-refractivity contribution in [2.75, 3.05) is 11.9 Å². The molecule has 2 aromatic carbocycles. The van der Waals surface area contributed by atoms with Crippen LogP contribution in [-0.4, -0.2) is 18.4 Å². The highest BCUT2D eigenvalue weighted by molar-refractivity contribution is 7.16. The van der Waals surface area contributed by atoms with Gasteiger partial charge in [0.1, 0.15) is 0 Å².